The quantitative estimate of drug-likeness (QED) is 0.0693. The number of benzene rings is 5. The summed E-state index contributed by atoms with van der Waals surface area (Å²) in [5.41, 5.74) is 16.6. The van der Waals surface area contributed by atoms with Crippen LogP contribution in [0.25, 0.3) is 22.5 Å². The Morgan fingerprint density at radius 2 is 1.29 bits per heavy atom. The number of methoxy groups -OCH3 is 3. The van der Waals surface area contributed by atoms with Crippen molar-refractivity contribution >= 4 is 22.1 Å². The zero-order chi connectivity index (χ0) is 44.5. The Balaban J connectivity index is 1.42. The number of carboxylic acid groups (broad SMARTS) is 1. The van der Waals surface area contributed by atoms with Crippen molar-refractivity contribution in [2.45, 2.75) is 50.3 Å². The molecule has 0 unspecified atom stereocenters. The van der Waals surface area contributed by atoms with E-state index < -0.39 is 16.1 Å². The number of hydrogen-bond acceptors (Lipinski definition) is 10. The number of amides is 1. The van der Waals surface area contributed by atoms with Crippen molar-refractivity contribution in [3.8, 4) is 39.8 Å². The van der Waals surface area contributed by atoms with E-state index in [-0.39, 0.29) is 48.8 Å². The number of piperidine rings is 1. The smallest absolute Gasteiger partial charge is 0.407 e. The third-order valence-electron chi connectivity index (χ3n) is 11.1. The summed E-state index contributed by atoms with van der Waals surface area (Å²) in [5, 5.41) is 23.6. The summed E-state index contributed by atoms with van der Waals surface area (Å²) in [6, 6.07) is 33.4. The maximum absolute atomic E-state index is 16.0. The molecule has 1 aliphatic rings. The van der Waals surface area contributed by atoms with Crippen LogP contribution in [0.3, 0.4) is 0 Å². The zero-order valence-electron chi connectivity index (χ0n) is 35.4. The molecule has 2 heterocycles. The molecular formula is C46H51N9O7S. The van der Waals surface area contributed by atoms with Crippen LogP contribution in [-0.4, -0.2) is 89.4 Å². The van der Waals surface area contributed by atoms with Crippen molar-refractivity contribution in [3.05, 3.63) is 137 Å². The summed E-state index contributed by atoms with van der Waals surface area (Å²) < 4.78 is 49.6. The summed E-state index contributed by atoms with van der Waals surface area (Å²) in [7, 11) is 0.321. The van der Waals surface area contributed by atoms with Crippen molar-refractivity contribution in [1.82, 2.24) is 29.4 Å². The SMILES string of the molecule is COc1ccc(CN(Cc2ccc(OC)cc2)S(=O)(=O)c2c(CC3CCN(C(=O)O)CC3)ccc(-c3ccc(CN=C(N)N)cc3)c2-c2nnn(Cc3ccc(OC)cc3)n2)cc1. The van der Waals surface area contributed by atoms with Crippen LogP contribution in [0.5, 0.6) is 17.2 Å². The average Bonchev–Trinajstić information content (AvgIpc) is 3.77. The van der Waals surface area contributed by atoms with Gasteiger partial charge in [-0.1, -0.05) is 72.8 Å². The van der Waals surface area contributed by atoms with E-state index in [0.717, 1.165) is 22.3 Å². The van der Waals surface area contributed by atoms with Crippen LogP contribution in [0.2, 0.25) is 0 Å². The highest BCUT2D eigenvalue weighted by Gasteiger charge is 2.35. The molecule has 0 aliphatic carbocycles. The van der Waals surface area contributed by atoms with Gasteiger partial charge in [-0.2, -0.15) is 9.10 Å². The highest BCUT2D eigenvalue weighted by molar-refractivity contribution is 7.89. The standard InChI is InChI=1S/C46H51N9O7S/c1-60-38-15-6-33(7-16-38)28-54(29-34-8-17-39(61-2)18-9-34)63(58,59)43-37(26-31-22-24-53(25-23-31)46(56)57)14-21-41(36-12-4-32(5-13-36)27-49-45(47)48)42(43)44-50-52-55(51-44)30-35-10-19-40(62-3)20-11-35/h4-21,31H,22-30H2,1-3H3,(H,56,57)(H4,47,48,49). The van der Waals surface area contributed by atoms with E-state index in [1.54, 1.807) is 45.6 Å². The third-order valence-corrected chi connectivity index (χ3v) is 13.1. The van der Waals surface area contributed by atoms with Gasteiger partial charge in [0.05, 0.1) is 44.9 Å². The number of sulfonamides is 1. The summed E-state index contributed by atoms with van der Waals surface area (Å²) in [6.07, 6.45) is 0.533. The molecule has 0 saturated carbocycles. The molecule has 16 nitrogen and oxygen atoms in total. The van der Waals surface area contributed by atoms with E-state index in [2.05, 4.69) is 15.3 Å². The molecule has 7 rings (SSSR count). The topological polar surface area (TPSA) is 214 Å². The van der Waals surface area contributed by atoms with Crippen molar-refractivity contribution in [2.75, 3.05) is 34.4 Å². The molecule has 1 fully saturated rings. The predicted octanol–water partition coefficient (Wildman–Crippen LogP) is 6.18. The fraction of sp³-hybridized carbons (Fsp3) is 0.283. The lowest BCUT2D eigenvalue weighted by Gasteiger charge is -2.31. The molecule has 6 aromatic rings. The first-order chi connectivity index (χ1) is 30.4. The average molecular weight is 874 g/mol. The minimum atomic E-state index is -4.44. The number of nitrogens with two attached hydrogens (primary N) is 2. The fourth-order valence-electron chi connectivity index (χ4n) is 7.68. The van der Waals surface area contributed by atoms with Gasteiger partial charge in [0.25, 0.3) is 0 Å². The normalized spacial score (nSPS) is 13.2. The highest BCUT2D eigenvalue weighted by Crippen LogP contribution is 2.41. The molecule has 0 radical (unpaired) electrons. The second kappa shape index (κ2) is 19.8. The lowest BCUT2D eigenvalue weighted by Crippen LogP contribution is -2.38. The molecule has 0 bridgehead atoms. The van der Waals surface area contributed by atoms with E-state index in [0.29, 0.717) is 71.9 Å². The van der Waals surface area contributed by atoms with Crippen LogP contribution in [0.15, 0.2) is 119 Å². The number of likely N-dealkylation sites (tertiary alicyclic amines) is 1. The van der Waals surface area contributed by atoms with Gasteiger partial charge in [0.1, 0.15) is 17.2 Å². The summed E-state index contributed by atoms with van der Waals surface area (Å²) in [4.78, 5) is 18.9. The van der Waals surface area contributed by atoms with Crippen LogP contribution in [-0.2, 0) is 42.6 Å². The van der Waals surface area contributed by atoms with Gasteiger partial charge in [-0.25, -0.2) is 18.2 Å². The third kappa shape index (κ3) is 10.7. The number of guanidine groups is 1. The minimum Gasteiger partial charge on any atom is -0.497 e. The number of ether oxygens (including phenoxy) is 3. The lowest BCUT2D eigenvalue weighted by atomic mass is 9.88. The number of rotatable bonds is 17. The van der Waals surface area contributed by atoms with E-state index in [1.165, 1.54) is 14.0 Å². The highest BCUT2D eigenvalue weighted by atomic mass is 32.2. The van der Waals surface area contributed by atoms with Gasteiger partial charge in [0, 0.05) is 26.2 Å². The minimum absolute atomic E-state index is 0.00147. The van der Waals surface area contributed by atoms with Gasteiger partial charge < -0.3 is 35.7 Å². The van der Waals surface area contributed by atoms with Crippen molar-refractivity contribution < 1.29 is 32.5 Å². The van der Waals surface area contributed by atoms with Crippen molar-refractivity contribution in [2.24, 2.45) is 22.4 Å². The zero-order valence-corrected chi connectivity index (χ0v) is 36.2. The molecule has 328 valence electrons. The maximum atomic E-state index is 16.0. The first-order valence-electron chi connectivity index (χ1n) is 20.4. The van der Waals surface area contributed by atoms with Crippen LogP contribution in [0, 0.1) is 5.92 Å². The second-order valence-electron chi connectivity index (χ2n) is 15.3. The molecule has 1 saturated heterocycles. The number of hydrogen-bond donors (Lipinski definition) is 3. The Kier molecular flexibility index (Phi) is 13.9. The number of aromatic nitrogens is 4. The van der Waals surface area contributed by atoms with E-state index in [1.807, 2.05) is 84.9 Å². The Morgan fingerprint density at radius 3 is 1.79 bits per heavy atom. The van der Waals surface area contributed by atoms with Crippen LogP contribution in [0.4, 0.5) is 4.79 Å². The van der Waals surface area contributed by atoms with E-state index in [9.17, 15) is 9.90 Å². The first kappa shape index (κ1) is 44.1. The van der Waals surface area contributed by atoms with E-state index >= 15 is 8.42 Å². The van der Waals surface area contributed by atoms with Gasteiger partial charge in [-0.15, -0.1) is 10.2 Å². The Bertz CT molecular complexity index is 2580. The van der Waals surface area contributed by atoms with Crippen LogP contribution >= 0.6 is 0 Å². The second-order valence-corrected chi connectivity index (χ2v) is 17.2. The molecule has 1 amide bonds. The van der Waals surface area contributed by atoms with Gasteiger partial charge in [0.2, 0.25) is 15.8 Å². The van der Waals surface area contributed by atoms with Gasteiger partial charge in [-0.3, -0.25) is 0 Å². The molecule has 5 aromatic carbocycles. The number of aliphatic imine (C=N–C) groups is 1. The molecule has 0 atom stereocenters. The van der Waals surface area contributed by atoms with E-state index in [4.69, 9.17) is 30.8 Å². The van der Waals surface area contributed by atoms with Crippen molar-refractivity contribution in [1.29, 1.82) is 0 Å². The predicted molar refractivity (Wildman–Crippen MR) is 239 cm³/mol. The molecule has 17 heteroatoms. The number of carbonyl (C=O) groups is 1. The Labute approximate surface area is 366 Å². The number of tetrazole rings is 1. The largest absolute Gasteiger partial charge is 0.497 e. The molecule has 5 N–H and O–H groups in total. The molecular weight excluding hydrogens is 823 g/mol. The number of nitrogens with zero attached hydrogens (tertiary/aromatic N) is 7. The molecule has 1 aromatic heterocycles. The fourth-order valence-corrected chi connectivity index (χ4v) is 9.52. The molecule has 0 spiro atoms. The van der Waals surface area contributed by atoms with Crippen LogP contribution in [0.1, 0.15) is 40.7 Å². The Morgan fingerprint density at radius 1 is 0.762 bits per heavy atom. The molecule has 63 heavy (non-hydrogen) atoms. The van der Waals surface area contributed by atoms with Gasteiger partial charge in [0.15, 0.2) is 5.96 Å². The summed E-state index contributed by atoms with van der Waals surface area (Å²) in [5.74, 6) is 2.08. The summed E-state index contributed by atoms with van der Waals surface area (Å²) >= 11 is 0. The van der Waals surface area contributed by atoms with Crippen molar-refractivity contribution in [3.63, 3.8) is 0 Å². The monoisotopic (exact) mass is 873 g/mol. The van der Waals surface area contributed by atoms with Gasteiger partial charge >= 0.3 is 6.09 Å². The van der Waals surface area contributed by atoms with Gasteiger partial charge in [-0.05, 0) is 106 Å². The van der Waals surface area contributed by atoms with Crippen LogP contribution < -0.4 is 25.7 Å². The molecule has 1 aliphatic heterocycles. The first-order valence-corrected chi connectivity index (χ1v) is 21.8. The Hall–Kier alpha value is -6.98. The maximum Gasteiger partial charge on any atom is 0.407 e. The summed E-state index contributed by atoms with van der Waals surface area (Å²) in [6.45, 7) is 1.27. The lowest BCUT2D eigenvalue weighted by molar-refractivity contribution is 0.124.